The normalized spacial score (nSPS) is 17.7. The standard InChI is InChI=1S/C31H34N8O3S/c1-20(19-40)33-17-22-7-8-26-25(15-22)35-31(36-29(41)27-9-10-28(43-27)39-13-3-11-34-39)38(26)18-24-4-2-12-37(24)30(42)23(16-32)14-21-5-6-21/h3,7-11,13-15,20-21,24,33,40H,2,4-6,12,17-19H2,1H3,(H,35,36,41)/t20-,24-/m1/s1. The van der Waals surface area contributed by atoms with E-state index < -0.39 is 0 Å². The van der Waals surface area contributed by atoms with Crippen molar-refractivity contribution in [3.05, 3.63) is 70.9 Å². The summed E-state index contributed by atoms with van der Waals surface area (Å²) < 4.78 is 3.68. The Bertz CT molecular complexity index is 1700. The molecule has 3 aromatic heterocycles. The zero-order valence-corrected chi connectivity index (χ0v) is 24.8. The largest absolute Gasteiger partial charge is 0.395 e. The molecule has 1 saturated carbocycles. The highest BCUT2D eigenvalue weighted by Gasteiger charge is 2.33. The highest BCUT2D eigenvalue weighted by molar-refractivity contribution is 7.16. The number of hydrogen-bond acceptors (Lipinski definition) is 8. The molecule has 2 fully saturated rings. The quantitative estimate of drug-likeness (QED) is 0.176. The van der Waals surface area contributed by atoms with Gasteiger partial charge in [0.1, 0.15) is 16.6 Å². The van der Waals surface area contributed by atoms with Crippen LogP contribution in [-0.2, 0) is 17.9 Å². The molecule has 1 aliphatic carbocycles. The monoisotopic (exact) mass is 598 g/mol. The van der Waals surface area contributed by atoms with Gasteiger partial charge in [-0.1, -0.05) is 12.1 Å². The van der Waals surface area contributed by atoms with Crippen molar-refractivity contribution in [2.24, 2.45) is 5.92 Å². The van der Waals surface area contributed by atoms with Crippen molar-refractivity contribution in [2.75, 3.05) is 18.5 Å². The highest BCUT2D eigenvalue weighted by atomic mass is 32.1. The number of carbonyl (C=O) groups is 2. The fourth-order valence-corrected chi connectivity index (χ4v) is 6.21. The molecule has 11 nitrogen and oxygen atoms in total. The molecule has 0 unspecified atom stereocenters. The van der Waals surface area contributed by atoms with Gasteiger partial charge in [0.15, 0.2) is 0 Å². The number of fused-ring (bicyclic) bond motifs is 1. The lowest BCUT2D eigenvalue weighted by Crippen LogP contribution is -2.39. The van der Waals surface area contributed by atoms with Crippen LogP contribution in [0.25, 0.3) is 16.0 Å². The van der Waals surface area contributed by atoms with E-state index in [0.717, 1.165) is 47.3 Å². The van der Waals surface area contributed by atoms with Gasteiger partial charge in [0.05, 0.1) is 28.6 Å². The molecule has 43 heavy (non-hydrogen) atoms. The number of hydrogen-bond donors (Lipinski definition) is 3. The maximum absolute atomic E-state index is 13.4. The smallest absolute Gasteiger partial charge is 0.268 e. The molecule has 0 spiro atoms. The molecule has 1 saturated heterocycles. The summed E-state index contributed by atoms with van der Waals surface area (Å²) in [6.45, 7) is 3.54. The highest BCUT2D eigenvalue weighted by Crippen LogP contribution is 2.33. The molecule has 1 aliphatic heterocycles. The van der Waals surface area contributed by atoms with Gasteiger partial charge < -0.3 is 19.9 Å². The number of anilines is 1. The number of carbonyl (C=O) groups excluding carboxylic acids is 2. The van der Waals surface area contributed by atoms with Gasteiger partial charge in [-0.2, -0.15) is 10.4 Å². The number of amides is 2. The average Bonchev–Trinajstić information content (AvgIpc) is 3.47. The van der Waals surface area contributed by atoms with Gasteiger partial charge >= 0.3 is 0 Å². The van der Waals surface area contributed by atoms with Gasteiger partial charge in [-0.25, -0.2) is 9.67 Å². The molecular formula is C31H34N8O3S. The van der Waals surface area contributed by atoms with Crippen molar-refractivity contribution in [3.8, 4) is 11.1 Å². The van der Waals surface area contributed by atoms with Gasteiger partial charge in [0.2, 0.25) is 5.95 Å². The number of aliphatic hydroxyl groups is 1. The maximum Gasteiger partial charge on any atom is 0.268 e. The van der Waals surface area contributed by atoms with Gasteiger partial charge in [0.25, 0.3) is 11.8 Å². The fraction of sp³-hybridized carbons (Fsp3) is 0.387. The van der Waals surface area contributed by atoms with Crippen LogP contribution in [0.1, 0.15) is 47.8 Å². The first-order valence-electron chi connectivity index (χ1n) is 14.6. The van der Waals surface area contributed by atoms with Crippen LogP contribution in [0.2, 0.25) is 0 Å². The molecule has 2 amide bonds. The zero-order chi connectivity index (χ0) is 29.9. The first-order valence-corrected chi connectivity index (χ1v) is 15.4. The minimum Gasteiger partial charge on any atom is -0.395 e. The lowest BCUT2D eigenvalue weighted by Gasteiger charge is -2.26. The average molecular weight is 599 g/mol. The lowest BCUT2D eigenvalue weighted by molar-refractivity contribution is -0.127. The number of likely N-dealkylation sites (tertiary alicyclic amines) is 1. The Kier molecular flexibility index (Phi) is 8.38. The third-order valence-corrected chi connectivity index (χ3v) is 8.99. The van der Waals surface area contributed by atoms with E-state index in [1.54, 1.807) is 21.8 Å². The van der Waals surface area contributed by atoms with E-state index >= 15 is 0 Å². The van der Waals surface area contributed by atoms with Crippen LogP contribution in [0.5, 0.6) is 0 Å². The molecule has 0 bridgehead atoms. The summed E-state index contributed by atoms with van der Waals surface area (Å²) in [4.78, 5) is 34.0. The van der Waals surface area contributed by atoms with E-state index in [1.165, 1.54) is 11.3 Å². The summed E-state index contributed by atoms with van der Waals surface area (Å²) in [5.74, 6) is 0.227. The van der Waals surface area contributed by atoms with E-state index in [0.29, 0.717) is 36.4 Å². The number of benzene rings is 1. The minimum absolute atomic E-state index is 0.0395. The third-order valence-electron chi connectivity index (χ3n) is 7.92. The van der Waals surface area contributed by atoms with Crippen LogP contribution in [0, 0.1) is 17.2 Å². The van der Waals surface area contributed by atoms with Crippen LogP contribution in [0.15, 0.2) is 60.4 Å². The van der Waals surface area contributed by atoms with Crippen molar-refractivity contribution in [1.82, 2.24) is 29.5 Å². The SMILES string of the molecule is C[C@H](CO)NCc1ccc2c(c1)nc(NC(=O)c1ccc(-n3cccn3)s1)n2C[C@H]1CCCN1C(=O)C(C#N)=CC1CC1. The van der Waals surface area contributed by atoms with Crippen molar-refractivity contribution < 1.29 is 14.7 Å². The molecule has 3 N–H and O–H groups in total. The lowest BCUT2D eigenvalue weighted by atomic mass is 10.1. The number of aliphatic hydroxyl groups excluding tert-OH is 1. The number of nitrogens with one attached hydrogen (secondary N) is 2. The topological polar surface area (TPSA) is 141 Å². The summed E-state index contributed by atoms with van der Waals surface area (Å²) in [6, 6.07) is 13.3. The summed E-state index contributed by atoms with van der Waals surface area (Å²) in [6.07, 6.45) is 9.02. The Labute approximate surface area is 253 Å². The number of imidazole rings is 1. The molecule has 1 aromatic carbocycles. The number of thiophene rings is 1. The summed E-state index contributed by atoms with van der Waals surface area (Å²) in [5, 5.41) is 30.4. The molecule has 2 aliphatic rings. The molecule has 4 heterocycles. The third kappa shape index (κ3) is 6.39. The molecule has 4 aromatic rings. The predicted molar refractivity (Wildman–Crippen MR) is 164 cm³/mol. The van der Waals surface area contributed by atoms with Crippen molar-refractivity contribution in [1.29, 1.82) is 5.26 Å². The second kappa shape index (κ2) is 12.5. The first-order chi connectivity index (χ1) is 20.9. The number of nitrogens with zero attached hydrogens (tertiary/aromatic N) is 6. The van der Waals surface area contributed by atoms with Gasteiger partial charge in [0, 0.05) is 38.1 Å². The van der Waals surface area contributed by atoms with E-state index in [1.807, 2.05) is 54.1 Å². The maximum atomic E-state index is 13.4. The van der Waals surface area contributed by atoms with Crippen LogP contribution < -0.4 is 10.6 Å². The molecule has 222 valence electrons. The molecule has 12 heteroatoms. The summed E-state index contributed by atoms with van der Waals surface area (Å²) >= 11 is 1.33. The Morgan fingerprint density at radius 3 is 2.86 bits per heavy atom. The Morgan fingerprint density at radius 1 is 1.26 bits per heavy atom. The van der Waals surface area contributed by atoms with Crippen LogP contribution in [0.3, 0.4) is 0 Å². The predicted octanol–water partition coefficient (Wildman–Crippen LogP) is 3.86. The Morgan fingerprint density at radius 2 is 2.12 bits per heavy atom. The fourth-order valence-electron chi connectivity index (χ4n) is 5.37. The van der Waals surface area contributed by atoms with E-state index in [-0.39, 0.29) is 36.1 Å². The second-order valence-electron chi connectivity index (χ2n) is 11.2. The number of nitriles is 1. The van der Waals surface area contributed by atoms with E-state index in [4.69, 9.17) is 4.98 Å². The number of aromatic nitrogens is 4. The molecular weight excluding hydrogens is 564 g/mol. The van der Waals surface area contributed by atoms with E-state index in [9.17, 15) is 20.0 Å². The van der Waals surface area contributed by atoms with Crippen molar-refractivity contribution in [2.45, 2.75) is 57.8 Å². The Hall–Kier alpha value is -4.31. The van der Waals surface area contributed by atoms with Crippen molar-refractivity contribution >= 4 is 40.1 Å². The van der Waals surface area contributed by atoms with Crippen molar-refractivity contribution in [3.63, 3.8) is 0 Å². The van der Waals surface area contributed by atoms with Crippen LogP contribution >= 0.6 is 11.3 Å². The first kappa shape index (κ1) is 28.8. The van der Waals surface area contributed by atoms with Gasteiger partial charge in [-0.05, 0) is 74.4 Å². The van der Waals surface area contributed by atoms with Gasteiger partial charge in [-0.15, -0.1) is 11.3 Å². The summed E-state index contributed by atoms with van der Waals surface area (Å²) in [5.41, 5.74) is 2.78. The molecule has 0 radical (unpaired) electrons. The summed E-state index contributed by atoms with van der Waals surface area (Å²) in [7, 11) is 0. The van der Waals surface area contributed by atoms with E-state index in [2.05, 4.69) is 21.8 Å². The Balaban J connectivity index is 1.29. The van der Waals surface area contributed by atoms with Gasteiger partial charge in [-0.3, -0.25) is 14.9 Å². The second-order valence-corrected chi connectivity index (χ2v) is 12.3. The van der Waals surface area contributed by atoms with Crippen LogP contribution in [-0.4, -0.2) is 66.4 Å². The molecule has 2 atom stereocenters. The number of allylic oxidation sites excluding steroid dienone is 1. The zero-order valence-electron chi connectivity index (χ0n) is 23.9. The molecule has 6 rings (SSSR count). The number of rotatable bonds is 11. The minimum atomic E-state index is -0.280. The van der Waals surface area contributed by atoms with Crippen LogP contribution in [0.4, 0.5) is 5.95 Å².